The van der Waals surface area contributed by atoms with Crippen molar-refractivity contribution in [2.75, 3.05) is 7.05 Å². The Kier molecular flexibility index (Phi) is 3.83. The SMILES string of the molecule is C=C1C(C)OC(c2ccccc2)CC12N=C(C(C)C)N(C)O2. The Morgan fingerprint density at radius 1 is 1.32 bits per heavy atom. The van der Waals surface area contributed by atoms with E-state index in [0.29, 0.717) is 12.3 Å². The van der Waals surface area contributed by atoms with Gasteiger partial charge < -0.3 is 4.74 Å². The number of aliphatic imine (C=N–C) groups is 1. The number of rotatable bonds is 2. The van der Waals surface area contributed by atoms with E-state index in [-0.39, 0.29) is 12.2 Å². The van der Waals surface area contributed by atoms with Crippen LogP contribution in [0.2, 0.25) is 0 Å². The maximum absolute atomic E-state index is 6.15. The van der Waals surface area contributed by atoms with Crippen LogP contribution in [0.4, 0.5) is 0 Å². The second-order valence-corrected chi connectivity index (χ2v) is 6.40. The predicted molar refractivity (Wildman–Crippen MR) is 87.3 cm³/mol. The van der Waals surface area contributed by atoms with Crippen molar-refractivity contribution in [3.05, 3.63) is 48.0 Å². The molecule has 2 aliphatic heterocycles. The van der Waals surface area contributed by atoms with Crippen LogP contribution < -0.4 is 0 Å². The lowest BCUT2D eigenvalue weighted by atomic mass is 9.88. The van der Waals surface area contributed by atoms with Gasteiger partial charge in [-0.3, -0.25) is 0 Å². The molecule has 3 atom stereocenters. The van der Waals surface area contributed by atoms with E-state index in [0.717, 1.165) is 17.0 Å². The van der Waals surface area contributed by atoms with E-state index in [1.165, 1.54) is 0 Å². The molecule has 1 fully saturated rings. The minimum Gasteiger partial charge on any atom is -0.366 e. The summed E-state index contributed by atoms with van der Waals surface area (Å²) in [6, 6.07) is 10.3. The third-order valence-corrected chi connectivity index (χ3v) is 4.42. The largest absolute Gasteiger partial charge is 0.366 e. The van der Waals surface area contributed by atoms with Gasteiger partial charge in [0.2, 0.25) is 5.72 Å². The predicted octanol–water partition coefficient (Wildman–Crippen LogP) is 3.72. The first-order chi connectivity index (χ1) is 10.4. The molecule has 0 bridgehead atoms. The minimum absolute atomic E-state index is 0.0367. The third kappa shape index (κ3) is 2.46. The van der Waals surface area contributed by atoms with Gasteiger partial charge in [-0.2, -0.15) is 0 Å². The highest BCUT2D eigenvalue weighted by atomic mass is 16.7. The van der Waals surface area contributed by atoms with Crippen molar-refractivity contribution in [3.63, 3.8) is 0 Å². The molecule has 0 saturated carbocycles. The van der Waals surface area contributed by atoms with Crippen molar-refractivity contribution in [2.24, 2.45) is 10.9 Å². The minimum atomic E-state index is -0.702. The zero-order valence-corrected chi connectivity index (χ0v) is 13.7. The molecule has 0 N–H and O–H groups in total. The fraction of sp³-hybridized carbons (Fsp3) is 0.500. The van der Waals surface area contributed by atoms with E-state index >= 15 is 0 Å². The van der Waals surface area contributed by atoms with Crippen LogP contribution in [-0.2, 0) is 9.57 Å². The van der Waals surface area contributed by atoms with Gasteiger partial charge in [0, 0.05) is 25.0 Å². The van der Waals surface area contributed by atoms with Crippen LogP contribution in [0.5, 0.6) is 0 Å². The monoisotopic (exact) mass is 300 g/mol. The Morgan fingerprint density at radius 2 is 2.00 bits per heavy atom. The average molecular weight is 300 g/mol. The maximum atomic E-state index is 6.15. The van der Waals surface area contributed by atoms with Crippen LogP contribution in [0, 0.1) is 5.92 Å². The normalized spacial score (nSPS) is 32.0. The lowest BCUT2D eigenvalue weighted by Crippen LogP contribution is -2.43. The van der Waals surface area contributed by atoms with Gasteiger partial charge in [0.15, 0.2) is 0 Å². The van der Waals surface area contributed by atoms with Gasteiger partial charge in [-0.15, -0.1) is 0 Å². The van der Waals surface area contributed by atoms with Crippen molar-refractivity contribution in [1.82, 2.24) is 5.06 Å². The molecule has 22 heavy (non-hydrogen) atoms. The summed E-state index contributed by atoms with van der Waals surface area (Å²) < 4.78 is 6.13. The highest BCUT2D eigenvalue weighted by Gasteiger charge is 2.50. The van der Waals surface area contributed by atoms with E-state index in [2.05, 4.69) is 32.6 Å². The van der Waals surface area contributed by atoms with Crippen molar-refractivity contribution >= 4 is 5.84 Å². The maximum Gasteiger partial charge on any atom is 0.213 e. The van der Waals surface area contributed by atoms with E-state index < -0.39 is 5.72 Å². The molecule has 3 unspecified atom stereocenters. The van der Waals surface area contributed by atoms with Crippen LogP contribution in [0.3, 0.4) is 0 Å². The molecule has 2 aliphatic rings. The molecule has 0 aromatic heterocycles. The van der Waals surface area contributed by atoms with Gasteiger partial charge in [0.25, 0.3) is 0 Å². The van der Waals surface area contributed by atoms with E-state index in [9.17, 15) is 0 Å². The summed E-state index contributed by atoms with van der Waals surface area (Å²) in [6.45, 7) is 10.5. The fourth-order valence-corrected chi connectivity index (χ4v) is 3.20. The first-order valence-electron chi connectivity index (χ1n) is 7.85. The Morgan fingerprint density at radius 3 is 2.59 bits per heavy atom. The summed E-state index contributed by atoms with van der Waals surface area (Å²) in [4.78, 5) is 11.1. The molecule has 0 amide bonds. The standard InChI is InChI=1S/C18H24N2O2/c1-12(2)17-19-18(22-20(17)5)11-16(21-14(4)13(18)3)15-9-7-6-8-10-15/h6-10,12,14,16H,3,11H2,1-2,4-5H3. The second kappa shape index (κ2) is 5.52. The van der Waals surface area contributed by atoms with Gasteiger partial charge in [0.1, 0.15) is 5.84 Å². The van der Waals surface area contributed by atoms with Crippen molar-refractivity contribution in [2.45, 2.75) is 45.1 Å². The summed E-state index contributed by atoms with van der Waals surface area (Å²) in [5.74, 6) is 1.27. The number of nitrogens with zero attached hydrogens (tertiary/aromatic N) is 2. The average Bonchev–Trinajstić information content (AvgIpc) is 2.83. The summed E-state index contributed by atoms with van der Waals surface area (Å²) in [7, 11) is 1.92. The second-order valence-electron chi connectivity index (χ2n) is 6.40. The van der Waals surface area contributed by atoms with Crippen molar-refractivity contribution in [1.29, 1.82) is 0 Å². The molecule has 118 valence electrons. The van der Waals surface area contributed by atoms with E-state index in [1.54, 1.807) is 5.06 Å². The number of hydrogen-bond donors (Lipinski definition) is 0. The van der Waals surface area contributed by atoms with Crippen molar-refractivity contribution < 1.29 is 9.57 Å². The van der Waals surface area contributed by atoms with Gasteiger partial charge in [-0.1, -0.05) is 50.8 Å². The number of benzene rings is 1. The lowest BCUT2D eigenvalue weighted by Gasteiger charge is -2.40. The van der Waals surface area contributed by atoms with Crippen LogP contribution in [-0.4, -0.2) is 29.8 Å². The molecule has 1 spiro atoms. The smallest absolute Gasteiger partial charge is 0.213 e. The van der Waals surface area contributed by atoms with Crippen LogP contribution >= 0.6 is 0 Å². The Balaban J connectivity index is 1.95. The topological polar surface area (TPSA) is 34.1 Å². The van der Waals surface area contributed by atoms with Gasteiger partial charge >= 0.3 is 0 Å². The number of hydroxylamine groups is 2. The van der Waals surface area contributed by atoms with Gasteiger partial charge in [0.05, 0.1) is 12.2 Å². The fourth-order valence-electron chi connectivity index (χ4n) is 3.20. The molecule has 1 saturated heterocycles. The lowest BCUT2D eigenvalue weighted by molar-refractivity contribution is -0.194. The van der Waals surface area contributed by atoms with Crippen LogP contribution in [0.1, 0.15) is 38.9 Å². The Hall–Kier alpha value is -1.65. The zero-order valence-electron chi connectivity index (χ0n) is 13.7. The first kappa shape index (κ1) is 15.3. The quantitative estimate of drug-likeness (QED) is 0.781. The highest BCUT2D eigenvalue weighted by Crippen LogP contribution is 2.46. The Labute approximate surface area is 132 Å². The van der Waals surface area contributed by atoms with Crippen molar-refractivity contribution in [3.8, 4) is 0 Å². The number of amidine groups is 1. The van der Waals surface area contributed by atoms with E-state index in [1.807, 2.05) is 32.2 Å². The van der Waals surface area contributed by atoms with Crippen LogP contribution in [0.15, 0.2) is 47.5 Å². The summed E-state index contributed by atoms with van der Waals surface area (Å²) in [6.07, 6.45) is 0.522. The summed E-state index contributed by atoms with van der Waals surface area (Å²) in [5.41, 5.74) is 1.34. The summed E-state index contributed by atoms with van der Waals surface area (Å²) >= 11 is 0. The van der Waals surface area contributed by atoms with Gasteiger partial charge in [-0.05, 0) is 12.5 Å². The molecule has 3 rings (SSSR count). The van der Waals surface area contributed by atoms with Gasteiger partial charge in [-0.25, -0.2) is 14.9 Å². The molecule has 2 heterocycles. The molecule has 1 aromatic carbocycles. The molecular formula is C18H24N2O2. The van der Waals surface area contributed by atoms with Crippen LogP contribution in [0.25, 0.3) is 0 Å². The first-order valence-corrected chi connectivity index (χ1v) is 7.85. The molecule has 4 heteroatoms. The number of hydrogen-bond acceptors (Lipinski definition) is 4. The zero-order chi connectivity index (χ0) is 15.9. The molecular weight excluding hydrogens is 276 g/mol. The van der Waals surface area contributed by atoms with E-state index in [4.69, 9.17) is 14.6 Å². The molecule has 4 nitrogen and oxygen atoms in total. The highest BCUT2D eigenvalue weighted by molar-refractivity contribution is 5.84. The molecule has 1 aromatic rings. The number of ether oxygens (including phenoxy) is 1. The molecule has 0 radical (unpaired) electrons. The third-order valence-electron chi connectivity index (χ3n) is 4.42. The Bertz CT molecular complexity index is 596. The molecule has 0 aliphatic carbocycles. The summed E-state index contributed by atoms with van der Waals surface area (Å²) in [5, 5.41) is 1.79.